The molecule has 1 aliphatic carbocycles. The standard InChI is InChI=1S/C13H15N3O/c1-2-8-16-10-12(9-15-16)13(14-11-17)6-4-3-5-7-13/h1,9-10H,3-8H2. The van der Waals surface area contributed by atoms with Crippen molar-refractivity contribution in [2.75, 3.05) is 0 Å². The van der Waals surface area contributed by atoms with E-state index >= 15 is 0 Å². The predicted molar refractivity (Wildman–Crippen MR) is 63.9 cm³/mol. The SMILES string of the molecule is C#CCn1cc(C2(N=C=O)CCCCC2)cn1. The Morgan fingerprint density at radius 1 is 1.47 bits per heavy atom. The third kappa shape index (κ3) is 2.30. The molecule has 2 rings (SSSR count). The summed E-state index contributed by atoms with van der Waals surface area (Å²) in [6.45, 7) is 0.445. The number of aliphatic imine (C=N–C) groups is 1. The van der Waals surface area contributed by atoms with E-state index in [0.717, 1.165) is 31.2 Å². The van der Waals surface area contributed by atoms with Crippen molar-refractivity contribution >= 4 is 6.08 Å². The van der Waals surface area contributed by atoms with Gasteiger partial charge in [-0.15, -0.1) is 6.42 Å². The van der Waals surface area contributed by atoms with Crippen LogP contribution in [0, 0.1) is 12.3 Å². The van der Waals surface area contributed by atoms with Gasteiger partial charge in [-0.3, -0.25) is 4.68 Å². The molecule has 1 fully saturated rings. The van der Waals surface area contributed by atoms with E-state index in [0.29, 0.717) is 6.54 Å². The summed E-state index contributed by atoms with van der Waals surface area (Å²) in [6.07, 6.45) is 15.8. The van der Waals surface area contributed by atoms with E-state index in [2.05, 4.69) is 16.0 Å². The molecule has 4 heteroatoms. The fourth-order valence-electron chi connectivity index (χ4n) is 2.47. The lowest BCUT2D eigenvalue weighted by molar-refractivity contribution is 0.303. The van der Waals surface area contributed by atoms with Gasteiger partial charge in [0.1, 0.15) is 12.1 Å². The van der Waals surface area contributed by atoms with Gasteiger partial charge in [-0.2, -0.15) is 10.1 Å². The molecule has 17 heavy (non-hydrogen) atoms. The molecule has 0 atom stereocenters. The number of carbonyl (C=O) groups excluding carboxylic acids is 1. The smallest absolute Gasteiger partial charge is 0.235 e. The molecule has 88 valence electrons. The molecule has 0 unspecified atom stereocenters. The monoisotopic (exact) mass is 229 g/mol. The molecule has 0 N–H and O–H groups in total. The number of aromatic nitrogens is 2. The summed E-state index contributed by atoms with van der Waals surface area (Å²) < 4.78 is 1.70. The van der Waals surface area contributed by atoms with Crippen molar-refractivity contribution in [2.24, 2.45) is 4.99 Å². The van der Waals surface area contributed by atoms with Crippen LogP contribution < -0.4 is 0 Å². The van der Waals surface area contributed by atoms with E-state index in [1.807, 2.05) is 6.20 Å². The van der Waals surface area contributed by atoms with Gasteiger partial charge in [0.05, 0.1) is 6.20 Å². The summed E-state index contributed by atoms with van der Waals surface area (Å²) in [5.41, 5.74) is 0.572. The Kier molecular flexibility index (Phi) is 3.41. The largest absolute Gasteiger partial charge is 0.260 e. The summed E-state index contributed by atoms with van der Waals surface area (Å²) in [5, 5.41) is 4.19. The molecule has 1 aromatic heterocycles. The van der Waals surface area contributed by atoms with Gasteiger partial charge in [-0.05, 0) is 12.8 Å². The van der Waals surface area contributed by atoms with Crippen LogP contribution in [0.1, 0.15) is 37.7 Å². The van der Waals surface area contributed by atoms with E-state index in [-0.39, 0.29) is 0 Å². The Labute approximate surface area is 101 Å². The Balaban J connectivity index is 2.31. The molecule has 4 nitrogen and oxygen atoms in total. The van der Waals surface area contributed by atoms with Crippen LogP contribution in [0.25, 0.3) is 0 Å². The zero-order chi connectivity index (χ0) is 12.1. The lowest BCUT2D eigenvalue weighted by atomic mass is 9.78. The van der Waals surface area contributed by atoms with Crippen LogP contribution in [0.15, 0.2) is 17.4 Å². The second-order valence-electron chi connectivity index (χ2n) is 4.43. The highest BCUT2D eigenvalue weighted by Gasteiger charge is 2.34. The molecular weight excluding hydrogens is 214 g/mol. The van der Waals surface area contributed by atoms with Gasteiger partial charge >= 0.3 is 0 Å². The summed E-state index contributed by atoms with van der Waals surface area (Å²) in [5.74, 6) is 2.54. The number of terminal acetylenes is 1. The third-order valence-corrected chi connectivity index (χ3v) is 3.36. The van der Waals surface area contributed by atoms with Crippen molar-refractivity contribution in [3.8, 4) is 12.3 Å². The number of isocyanates is 1. The average Bonchev–Trinajstić information content (AvgIpc) is 2.80. The minimum atomic E-state index is -0.410. The molecule has 1 heterocycles. The van der Waals surface area contributed by atoms with Crippen LogP contribution >= 0.6 is 0 Å². The van der Waals surface area contributed by atoms with Crippen molar-refractivity contribution < 1.29 is 4.79 Å². The summed E-state index contributed by atoms with van der Waals surface area (Å²) in [7, 11) is 0. The van der Waals surface area contributed by atoms with Gasteiger partial charge in [0, 0.05) is 11.8 Å². The van der Waals surface area contributed by atoms with Gasteiger partial charge in [-0.25, -0.2) is 4.79 Å². The maximum Gasteiger partial charge on any atom is 0.235 e. The maximum atomic E-state index is 10.6. The molecule has 0 aliphatic heterocycles. The van der Waals surface area contributed by atoms with Crippen molar-refractivity contribution in [3.05, 3.63) is 18.0 Å². The first kappa shape index (κ1) is 11.6. The van der Waals surface area contributed by atoms with Gasteiger partial charge in [0.2, 0.25) is 6.08 Å². The lowest BCUT2D eigenvalue weighted by Gasteiger charge is -2.31. The topological polar surface area (TPSA) is 47.2 Å². The Bertz CT molecular complexity index is 471. The zero-order valence-electron chi connectivity index (χ0n) is 9.72. The predicted octanol–water partition coefficient (Wildman–Crippen LogP) is 2.01. The number of hydrogen-bond donors (Lipinski definition) is 0. The molecule has 1 aliphatic rings. The van der Waals surface area contributed by atoms with Gasteiger partial charge in [-0.1, -0.05) is 25.2 Å². The highest BCUT2D eigenvalue weighted by atomic mass is 16.1. The molecule has 0 bridgehead atoms. The second-order valence-corrected chi connectivity index (χ2v) is 4.43. The van der Waals surface area contributed by atoms with E-state index < -0.39 is 5.54 Å². The Morgan fingerprint density at radius 3 is 2.88 bits per heavy atom. The van der Waals surface area contributed by atoms with Crippen LogP contribution in [0.2, 0.25) is 0 Å². The molecule has 0 spiro atoms. The molecule has 1 aromatic rings. The fraction of sp³-hybridized carbons (Fsp3) is 0.538. The first-order valence-corrected chi connectivity index (χ1v) is 5.86. The normalized spacial score (nSPS) is 18.1. The first-order valence-electron chi connectivity index (χ1n) is 5.86. The highest BCUT2D eigenvalue weighted by molar-refractivity contribution is 5.37. The summed E-state index contributed by atoms with van der Waals surface area (Å²) in [6, 6.07) is 0. The number of nitrogens with zero attached hydrogens (tertiary/aromatic N) is 3. The van der Waals surface area contributed by atoms with Crippen LogP contribution in [0.4, 0.5) is 0 Å². The number of hydrogen-bond acceptors (Lipinski definition) is 3. The Hall–Kier alpha value is -1.85. The van der Waals surface area contributed by atoms with E-state index in [9.17, 15) is 4.79 Å². The quantitative estimate of drug-likeness (QED) is 0.452. The first-order chi connectivity index (χ1) is 8.30. The average molecular weight is 229 g/mol. The van der Waals surface area contributed by atoms with Gasteiger partial charge in [0.15, 0.2) is 0 Å². The van der Waals surface area contributed by atoms with Crippen molar-refractivity contribution in [1.29, 1.82) is 0 Å². The zero-order valence-corrected chi connectivity index (χ0v) is 9.72. The maximum absolute atomic E-state index is 10.6. The highest BCUT2D eigenvalue weighted by Crippen LogP contribution is 2.40. The van der Waals surface area contributed by atoms with Gasteiger partial charge < -0.3 is 0 Å². The van der Waals surface area contributed by atoms with Crippen molar-refractivity contribution in [3.63, 3.8) is 0 Å². The molecular formula is C13H15N3O. The second kappa shape index (κ2) is 4.99. The summed E-state index contributed by atoms with van der Waals surface area (Å²) in [4.78, 5) is 14.7. The minimum absolute atomic E-state index is 0.410. The molecule has 0 aromatic carbocycles. The summed E-state index contributed by atoms with van der Waals surface area (Å²) >= 11 is 0. The molecule has 0 saturated heterocycles. The van der Waals surface area contributed by atoms with Crippen LogP contribution in [0.3, 0.4) is 0 Å². The third-order valence-electron chi connectivity index (χ3n) is 3.36. The van der Waals surface area contributed by atoms with Crippen molar-refractivity contribution in [1.82, 2.24) is 9.78 Å². The fourth-order valence-corrected chi connectivity index (χ4v) is 2.47. The molecule has 0 amide bonds. The van der Waals surface area contributed by atoms with E-state index in [1.54, 1.807) is 17.0 Å². The van der Waals surface area contributed by atoms with Crippen LogP contribution in [0.5, 0.6) is 0 Å². The van der Waals surface area contributed by atoms with E-state index in [4.69, 9.17) is 6.42 Å². The Morgan fingerprint density at radius 2 is 2.24 bits per heavy atom. The van der Waals surface area contributed by atoms with Crippen LogP contribution in [-0.4, -0.2) is 15.9 Å². The van der Waals surface area contributed by atoms with E-state index in [1.165, 1.54) is 6.42 Å². The number of rotatable bonds is 3. The lowest BCUT2D eigenvalue weighted by Crippen LogP contribution is -2.26. The van der Waals surface area contributed by atoms with Crippen molar-refractivity contribution in [2.45, 2.75) is 44.2 Å². The van der Waals surface area contributed by atoms with Gasteiger partial charge in [0.25, 0.3) is 0 Å². The molecule has 0 radical (unpaired) electrons. The van der Waals surface area contributed by atoms with Crippen LogP contribution in [-0.2, 0) is 16.9 Å². The minimum Gasteiger partial charge on any atom is -0.260 e. The molecule has 1 saturated carbocycles.